The lowest BCUT2D eigenvalue weighted by Crippen LogP contribution is -2.21. The molecule has 0 aliphatic heterocycles. The average Bonchev–Trinajstić information content (AvgIpc) is 2.85. The molecule has 1 aromatic heterocycles. The molecule has 0 aromatic carbocycles. The van der Waals surface area contributed by atoms with Gasteiger partial charge in [-0.1, -0.05) is 31.5 Å². The van der Waals surface area contributed by atoms with Crippen molar-refractivity contribution < 1.29 is 9.90 Å². The van der Waals surface area contributed by atoms with Crippen LogP contribution >= 0.6 is 11.8 Å². The van der Waals surface area contributed by atoms with E-state index in [0.29, 0.717) is 5.16 Å². The largest absolute Gasteiger partial charge is 0.481 e. The summed E-state index contributed by atoms with van der Waals surface area (Å²) in [5, 5.41) is 20.7. The lowest BCUT2D eigenvalue weighted by atomic mass is 9.89. The van der Waals surface area contributed by atoms with Crippen LogP contribution in [-0.4, -0.2) is 37.0 Å². The number of carboxylic acids is 1. The van der Waals surface area contributed by atoms with Gasteiger partial charge >= 0.3 is 5.97 Å². The van der Waals surface area contributed by atoms with E-state index >= 15 is 0 Å². The summed E-state index contributed by atoms with van der Waals surface area (Å²) in [6.45, 7) is 3.02. The molecule has 0 amide bonds. The lowest BCUT2D eigenvalue weighted by molar-refractivity contribution is -0.133. The van der Waals surface area contributed by atoms with Gasteiger partial charge in [0.05, 0.1) is 12.3 Å². The fourth-order valence-electron chi connectivity index (χ4n) is 2.27. The maximum Gasteiger partial charge on any atom is 0.313 e. The van der Waals surface area contributed by atoms with Crippen LogP contribution in [-0.2, 0) is 11.3 Å². The van der Waals surface area contributed by atoms with Crippen LogP contribution in [0, 0.1) is 5.41 Å². The fourth-order valence-corrected chi connectivity index (χ4v) is 2.87. The number of nitrogens with zero attached hydrogens (tertiary/aromatic N) is 4. The number of thioether (sulfide) groups is 1. The second-order valence-corrected chi connectivity index (χ2v) is 5.76. The number of aliphatic carboxylic acids is 1. The minimum absolute atomic E-state index is 0.00289. The molecule has 0 radical (unpaired) electrons. The molecular formula is C10H16N4O2S. The SMILES string of the molecule is CC1(Cn2nnnc2SCC(=O)O)CCCC1. The average molecular weight is 256 g/mol. The zero-order valence-electron chi connectivity index (χ0n) is 9.80. The predicted molar refractivity (Wildman–Crippen MR) is 62.8 cm³/mol. The Labute approximate surface area is 104 Å². The van der Waals surface area contributed by atoms with Crippen molar-refractivity contribution in [2.24, 2.45) is 5.41 Å². The Morgan fingerprint density at radius 2 is 2.24 bits per heavy atom. The molecule has 1 fully saturated rings. The summed E-state index contributed by atoms with van der Waals surface area (Å²) in [5.41, 5.74) is 0.258. The number of aromatic nitrogens is 4. The van der Waals surface area contributed by atoms with Crippen LogP contribution in [0.4, 0.5) is 0 Å². The summed E-state index contributed by atoms with van der Waals surface area (Å²) in [7, 11) is 0. The van der Waals surface area contributed by atoms with Crippen molar-refractivity contribution in [2.45, 2.75) is 44.3 Å². The van der Waals surface area contributed by atoms with Crippen molar-refractivity contribution in [1.29, 1.82) is 0 Å². The first-order chi connectivity index (χ1) is 8.09. The number of hydrogen-bond donors (Lipinski definition) is 1. The second-order valence-electron chi connectivity index (χ2n) is 4.82. The van der Waals surface area contributed by atoms with Crippen molar-refractivity contribution in [3.8, 4) is 0 Å². The second kappa shape index (κ2) is 5.03. The van der Waals surface area contributed by atoms with Crippen molar-refractivity contribution in [1.82, 2.24) is 20.2 Å². The molecule has 0 spiro atoms. The molecule has 6 nitrogen and oxygen atoms in total. The van der Waals surface area contributed by atoms with Crippen molar-refractivity contribution >= 4 is 17.7 Å². The molecule has 0 bridgehead atoms. The van der Waals surface area contributed by atoms with E-state index in [1.54, 1.807) is 4.68 Å². The van der Waals surface area contributed by atoms with Gasteiger partial charge in [-0.05, 0) is 28.7 Å². The van der Waals surface area contributed by atoms with Crippen molar-refractivity contribution in [3.05, 3.63) is 0 Å². The van der Waals surface area contributed by atoms with Gasteiger partial charge in [0.1, 0.15) is 0 Å². The smallest absolute Gasteiger partial charge is 0.313 e. The van der Waals surface area contributed by atoms with Crippen LogP contribution in [0.25, 0.3) is 0 Å². The Morgan fingerprint density at radius 1 is 1.53 bits per heavy atom. The number of tetrazole rings is 1. The van der Waals surface area contributed by atoms with Gasteiger partial charge in [0.25, 0.3) is 0 Å². The third-order valence-electron chi connectivity index (χ3n) is 3.17. The lowest BCUT2D eigenvalue weighted by Gasteiger charge is -2.22. The van der Waals surface area contributed by atoms with Crippen LogP contribution in [0.1, 0.15) is 32.6 Å². The third kappa shape index (κ3) is 3.18. The van der Waals surface area contributed by atoms with Gasteiger partial charge in [-0.3, -0.25) is 4.79 Å². The first-order valence-corrected chi connectivity index (χ1v) is 6.68. The van der Waals surface area contributed by atoms with Gasteiger partial charge in [0.15, 0.2) is 0 Å². The van der Waals surface area contributed by atoms with E-state index in [1.807, 2.05) is 0 Å². The van der Waals surface area contributed by atoms with Crippen LogP contribution < -0.4 is 0 Å². The van der Waals surface area contributed by atoms with E-state index < -0.39 is 5.97 Å². The number of carbonyl (C=O) groups is 1. The Morgan fingerprint density at radius 3 is 2.88 bits per heavy atom. The van der Waals surface area contributed by atoms with Crippen LogP contribution in [0.2, 0.25) is 0 Å². The number of hydrogen-bond acceptors (Lipinski definition) is 5. The van der Waals surface area contributed by atoms with Gasteiger partial charge in [0.2, 0.25) is 5.16 Å². The molecule has 2 rings (SSSR count). The van der Waals surface area contributed by atoms with Crippen LogP contribution in [0.15, 0.2) is 5.16 Å². The van der Waals surface area contributed by atoms with Crippen LogP contribution in [0.5, 0.6) is 0 Å². The summed E-state index contributed by atoms with van der Waals surface area (Å²) in [6.07, 6.45) is 4.90. The van der Waals surface area contributed by atoms with E-state index in [4.69, 9.17) is 5.11 Å². The maximum absolute atomic E-state index is 10.5. The first kappa shape index (κ1) is 12.3. The molecule has 0 saturated heterocycles. The standard InChI is InChI=1S/C10H16N4O2S/c1-10(4-2-3-5-10)7-14-9(11-12-13-14)17-6-8(15)16/h2-7H2,1H3,(H,15,16). The number of carboxylic acid groups (broad SMARTS) is 1. The highest BCUT2D eigenvalue weighted by Crippen LogP contribution is 2.39. The van der Waals surface area contributed by atoms with E-state index in [-0.39, 0.29) is 11.2 Å². The normalized spacial score (nSPS) is 18.4. The monoisotopic (exact) mass is 256 g/mol. The van der Waals surface area contributed by atoms with Crippen molar-refractivity contribution in [3.63, 3.8) is 0 Å². The molecule has 94 valence electrons. The Kier molecular flexibility index (Phi) is 3.66. The van der Waals surface area contributed by atoms with Gasteiger partial charge in [-0.15, -0.1) is 5.10 Å². The van der Waals surface area contributed by atoms with Crippen molar-refractivity contribution in [2.75, 3.05) is 5.75 Å². The van der Waals surface area contributed by atoms with E-state index in [9.17, 15) is 4.79 Å². The highest BCUT2D eigenvalue weighted by Gasteiger charge is 2.30. The topological polar surface area (TPSA) is 80.9 Å². The predicted octanol–water partition coefficient (Wildman–Crippen LogP) is 1.43. The van der Waals surface area contributed by atoms with E-state index in [0.717, 1.165) is 6.54 Å². The zero-order valence-corrected chi connectivity index (χ0v) is 10.6. The first-order valence-electron chi connectivity index (χ1n) is 5.70. The minimum Gasteiger partial charge on any atom is -0.481 e. The Balaban J connectivity index is 2.00. The molecule has 0 unspecified atom stereocenters. The molecule has 7 heteroatoms. The van der Waals surface area contributed by atoms with Gasteiger partial charge in [-0.2, -0.15) is 0 Å². The van der Waals surface area contributed by atoms with Gasteiger partial charge in [0, 0.05) is 0 Å². The molecule has 17 heavy (non-hydrogen) atoms. The molecule has 1 heterocycles. The fraction of sp³-hybridized carbons (Fsp3) is 0.800. The summed E-state index contributed by atoms with van der Waals surface area (Å²) >= 11 is 1.17. The molecule has 1 aliphatic carbocycles. The summed E-state index contributed by atoms with van der Waals surface area (Å²) in [6, 6.07) is 0. The van der Waals surface area contributed by atoms with E-state index in [2.05, 4.69) is 22.4 Å². The molecular weight excluding hydrogens is 240 g/mol. The quantitative estimate of drug-likeness (QED) is 0.803. The molecule has 1 aliphatic rings. The molecule has 1 N–H and O–H groups in total. The highest BCUT2D eigenvalue weighted by atomic mass is 32.2. The summed E-state index contributed by atoms with van der Waals surface area (Å²) in [4.78, 5) is 10.5. The molecule has 1 saturated carbocycles. The molecule has 1 aromatic rings. The van der Waals surface area contributed by atoms with Gasteiger partial charge < -0.3 is 5.11 Å². The Bertz CT molecular complexity index is 401. The summed E-state index contributed by atoms with van der Waals surface area (Å²) in [5.74, 6) is -0.853. The van der Waals surface area contributed by atoms with Gasteiger partial charge in [-0.25, -0.2) is 4.68 Å². The number of rotatable bonds is 5. The third-order valence-corrected chi connectivity index (χ3v) is 4.11. The minimum atomic E-state index is -0.850. The highest BCUT2D eigenvalue weighted by molar-refractivity contribution is 7.99. The molecule has 0 atom stereocenters. The van der Waals surface area contributed by atoms with Crippen LogP contribution in [0.3, 0.4) is 0 Å². The maximum atomic E-state index is 10.5. The zero-order chi connectivity index (χ0) is 12.3. The Hall–Kier alpha value is -1.11. The van der Waals surface area contributed by atoms with E-state index in [1.165, 1.54) is 37.4 Å². The summed E-state index contributed by atoms with van der Waals surface area (Å²) < 4.78 is 1.74.